The summed E-state index contributed by atoms with van der Waals surface area (Å²) in [7, 11) is 0. The van der Waals surface area contributed by atoms with E-state index in [0.29, 0.717) is 6.42 Å². The molecule has 0 aliphatic carbocycles. The maximum absolute atomic E-state index is 4.45. The first-order valence-electron chi connectivity index (χ1n) is 5.44. The van der Waals surface area contributed by atoms with Gasteiger partial charge in [-0.05, 0) is 35.0 Å². The van der Waals surface area contributed by atoms with E-state index in [4.69, 9.17) is 0 Å². The van der Waals surface area contributed by atoms with Crippen LogP contribution < -0.4 is 5.32 Å². The average molecular weight is 293 g/mol. The molecule has 0 saturated heterocycles. The van der Waals surface area contributed by atoms with Gasteiger partial charge in [0.2, 0.25) is 0 Å². The molecule has 2 rings (SSSR count). The van der Waals surface area contributed by atoms with Gasteiger partial charge in [-0.15, -0.1) is 0 Å². The molecule has 0 atom stereocenters. The predicted molar refractivity (Wildman–Crippen MR) is 70.9 cm³/mol. The van der Waals surface area contributed by atoms with Crippen molar-refractivity contribution in [3.8, 4) is 0 Å². The van der Waals surface area contributed by atoms with E-state index >= 15 is 0 Å². The van der Waals surface area contributed by atoms with Gasteiger partial charge in [-0.2, -0.15) is 0 Å². The Labute approximate surface area is 109 Å². The molecule has 2 aromatic rings. The number of nitrogens with one attached hydrogen (secondary N) is 1. The van der Waals surface area contributed by atoms with Gasteiger partial charge >= 0.3 is 0 Å². The highest BCUT2D eigenvalue weighted by atomic mass is 79.9. The van der Waals surface area contributed by atoms with E-state index in [1.807, 2.05) is 25.1 Å². The number of nitrogens with zero attached hydrogens (tertiary/aromatic N) is 3. The number of halogens is 1. The fourth-order valence-corrected chi connectivity index (χ4v) is 1.78. The van der Waals surface area contributed by atoms with Gasteiger partial charge in [0.15, 0.2) is 0 Å². The first-order valence-corrected chi connectivity index (χ1v) is 6.24. The van der Waals surface area contributed by atoms with E-state index in [1.54, 1.807) is 12.4 Å². The summed E-state index contributed by atoms with van der Waals surface area (Å²) in [6, 6.07) is 5.83. The van der Waals surface area contributed by atoms with Crippen molar-refractivity contribution >= 4 is 21.7 Å². The van der Waals surface area contributed by atoms with Crippen LogP contribution in [-0.4, -0.2) is 21.5 Å². The van der Waals surface area contributed by atoms with Crippen molar-refractivity contribution in [1.29, 1.82) is 0 Å². The molecule has 0 aliphatic rings. The molecule has 0 radical (unpaired) electrons. The fraction of sp³-hybridized carbons (Fsp3) is 0.250. The molecule has 0 unspecified atom stereocenters. The van der Waals surface area contributed by atoms with Crippen LogP contribution in [0.3, 0.4) is 0 Å². The van der Waals surface area contributed by atoms with Crippen molar-refractivity contribution < 1.29 is 0 Å². The maximum atomic E-state index is 4.45. The van der Waals surface area contributed by atoms with Crippen LogP contribution in [0.4, 0.5) is 5.82 Å². The lowest BCUT2D eigenvalue weighted by Crippen LogP contribution is -2.05. The predicted octanol–water partition coefficient (Wildman–Crippen LogP) is 2.66. The Balaban J connectivity index is 2.19. The molecular weight excluding hydrogens is 280 g/mol. The first-order chi connectivity index (χ1) is 8.29. The minimum atomic E-state index is 0.645. The number of hydrogen-bond acceptors (Lipinski definition) is 4. The fourth-order valence-electron chi connectivity index (χ4n) is 1.44. The van der Waals surface area contributed by atoms with Crippen molar-refractivity contribution in [3.63, 3.8) is 0 Å². The van der Waals surface area contributed by atoms with Gasteiger partial charge < -0.3 is 5.32 Å². The zero-order chi connectivity index (χ0) is 12.1. The molecule has 0 spiro atoms. The molecule has 0 aliphatic heterocycles. The zero-order valence-corrected chi connectivity index (χ0v) is 11.1. The lowest BCUT2D eigenvalue weighted by molar-refractivity contribution is 0.928. The van der Waals surface area contributed by atoms with Crippen LogP contribution >= 0.6 is 15.9 Å². The molecule has 0 saturated carbocycles. The number of pyridine rings is 1. The molecule has 4 nitrogen and oxygen atoms in total. The minimum Gasteiger partial charge on any atom is -0.369 e. The van der Waals surface area contributed by atoms with Crippen LogP contribution in [0.5, 0.6) is 0 Å². The molecule has 2 aromatic heterocycles. The molecule has 1 N–H and O–H groups in total. The monoisotopic (exact) mass is 292 g/mol. The second-order valence-electron chi connectivity index (χ2n) is 3.51. The highest BCUT2D eigenvalue weighted by Crippen LogP contribution is 2.18. The van der Waals surface area contributed by atoms with Gasteiger partial charge in [0.05, 0.1) is 10.9 Å². The highest BCUT2D eigenvalue weighted by molar-refractivity contribution is 9.10. The number of anilines is 1. The number of hydrogen-bond donors (Lipinski definition) is 1. The number of aromatic nitrogens is 3. The Bertz CT molecular complexity index is 487. The van der Waals surface area contributed by atoms with Crippen LogP contribution in [0, 0.1) is 0 Å². The Morgan fingerprint density at radius 3 is 2.88 bits per heavy atom. The summed E-state index contributed by atoms with van der Waals surface area (Å²) in [6.07, 6.45) is 4.19. The summed E-state index contributed by atoms with van der Waals surface area (Å²) < 4.78 is 0.879. The lowest BCUT2D eigenvalue weighted by atomic mass is 10.2. The normalized spacial score (nSPS) is 10.2. The van der Waals surface area contributed by atoms with E-state index in [2.05, 4.69) is 36.2 Å². The Hall–Kier alpha value is -1.49. The van der Waals surface area contributed by atoms with Gasteiger partial charge in [0.1, 0.15) is 11.6 Å². The molecule has 5 heteroatoms. The molecule has 0 bridgehead atoms. The summed E-state index contributed by atoms with van der Waals surface area (Å²) in [5.41, 5.74) is 0.970. The van der Waals surface area contributed by atoms with E-state index in [1.165, 1.54) is 0 Å². The standard InChI is InChI=1S/C12H13BrN4/c1-2-14-12-10(13)8-16-11(17-12)7-9-5-3-4-6-15-9/h3-6,8H,2,7H2,1H3,(H,14,16,17). The summed E-state index contributed by atoms with van der Waals surface area (Å²) >= 11 is 3.41. The van der Waals surface area contributed by atoms with Crippen molar-refractivity contribution in [2.24, 2.45) is 0 Å². The largest absolute Gasteiger partial charge is 0.369 e. The maximum Gasteiger partial charge on any atom is 0.144 e. The topological polar surface area (TPSA) is 50.7 Å². The molecule has 88 valence electrons. The quantitative estimate of drug-likeness (QED) is 0.941. The van der Waals surface area contributed by atoms with E-state index in [-0.39, 0.29) is 0 Å². The zero-order valence-electron chi connectivity index (χ0n) is 9.52. The SMILES string of the molecule is CCNc1nc(Cc2ccccn2)ncc1Br. The van der Waals surface area contributed by atoms with Gasteiger partial charge in [-0.25, -0.2) is 9.97 Å². The first kappa shape index (κ1) is 12.0. The van der Waals surface area contributed by atoms with Crippen LogP contribution in [-0.2, 0) is 6.42 Å². The van der Waals surface area contributed by atoms with E-state index < -0.39 is 0 Å². The van der Waals surface area contributed by atoms with E-state index in [0.717, 1.165) is 28.4 Å². The van der Waals surface area contributed by atoms with Gasteiger partial charge in [-0.1, -0.05) is 6.07 Å². The third-order valence-electron chi connectivity index (χ3n) is 2.20. The molecule has 2 heterocycles. The highest BCUT2D eigenvalue weighted by Gasteiger charge is 2.05. The van der Waals surface area contributed by atoms with Gasteiger partial charge in [-0.3, -0.25) is 4.98 Å². The lowest BCUT2D eigenvalue weighted by Gasteiger charge is -2.06. The van der Waals surface area contributed by atoms with Crippen molar-refractivity contribution in [3.05, 3.63) is 46.6 Å². The number of rotatable bonds is 4. The smallest absolute Gasteiger partial charge is 0.144 e. The Morgan fingerprint density at radius 1 is 1.29 bits per heavy atom. The van der Waals surface area contributed by atoms with Crippen LogP contribution in [0.15, 0.2) is 35.1 Å². The average Bonchev–Trinajstić information content (AvgIpc) is 2.35. The molecule has 17 heavy (non-hydrogen) atoms. The second-order valence-corrected chi connectivity index (χ2v) is 4.37. The Morgan fingerprint density at radius 2 is 2.18 bits per heavy atom. The molecular formula is C12H13BrN4. The third-order valence-corrected chi connectivity index (χ3v) is 2.78. The summed E-state index contributed by atoms with van der Waals surface area (Å²) in [5, 5.41) is 3.18. The molecule has 0 aromatic carbocycles. The molecule has 0 amide bonds. The molecule has 0 fully saturated rings. The van der Waals surface area contributed by atoms with Crippen LogP contribution in [0.25, 0.3) is 0 Å². The van der Waals surface area contributed by atoms with Gasteiger partial charge in [0.25, 0.3) is 0 Å². The summed E-state index contributed by atoms with van der Waals surface area (Å²) in [6.45, 7) is 2.87. The van der Waals surface area contributed by atoms with Crippen LogP contribution in [0.1, 0.15) is 18.4 Å². The second kappa shape index (κ2) is 5.72. The van der Waals surface area contributed by atoms with Crippen LogP contribution in [0.2, 0.25) is 0 Å². The summed E-state index contributed by atoms with van der Waals surface area (Å²) in [5.74, 6) is 1.59. The Kier molecular flexibility index (Phi) is 4.03. The summed E-state index contributed by atoms with van der Waals surface area (Å²) in [4.78, 5) is 13.0. The minimum absolute atomic E-state index is 0.645. The third kappa shape index (κ3) is 3.23. The van der Waals surface area contributed by atoms with E-state index in [9.17, 15) is 0 Å². The van der Waals surface area contributed by atoms with Crippen molar-refractivity contribution in [2.75, 3.05) is 11.9 Å². The van der Waals surface area contributed by atoms with Crippen molar-refractivity contribution in [2.45, 2.75) is 13.3 Å². The van der Waals surface area contributed by atoms with Gasteiger partial charge in [0, 0.05) is 24.6 Å². The van der Waals surface area contributed by atoms with Crippen molar-refractivity contribution in [1.82, 2.24) is 15.0 Å².